The Morgan fingerprint density at radius 3 is 2.66 bits per heavy atom. The molecule has 3 aromatic rings. The van der Waals surface area contributed by atoms with Crippen molar-refractivity contribution in [3.05, 3.63) is 79.1 Å². The molecule has 0 spiro atoms. The molecule has 0 radical (unpaired) electrons. The van der Waals surface area contributed by atoms with Crippen molar-refractivity contribution >= 4 is 69.6 Å². The number of benzene rings is 2. The van der Waals surface area contributed by atoms with Gasteiger partial charge in [-0.3, -0.25) is 9.59 Å². The summed E-state index contributed by atoms with van der Waals surface area (Å²) in [7, 11) is 0. The molecule has 0 unspecified atom stereocenters. The van der Waals surface area contributed by atoms with Gasteiger partial charge >= 0.3 is 0 Å². The van der Waals surface area contributed by atoms with Crippen LogP contribution in [0, 0.1) is 6.92 Å². The zero-order valence-electron chi connectivity index (χ0n) is 18.4. The smallest absolute Gasteiger partial charge is 0.291 e. The molecule has 2 amide bonds. The van der Waals surface area contributed by atoms with Crippen molar-refractivity contribution in [3.63, 3.8) is 0 Å². The van der Waals surface area contributed by atoms with Gasteiger partial charge in [0.05, 0.1) is 26.5 Å². The van der Waals surface area contributed by atoms with Crippen molar-refractivity contribution in [1.29, 1.82) is 0 Å². The minimum Gasteiger partial charge on any atom is -0.482 e. The van der Waals surface area contributed by atoms with Gasteiger partial charge in [0.15, 0.2) is 12.4 Å². The zero-order chi connectivity index (χ0) is 25.1. The van der Waals surface area contributed by atoms with Crippen molar-refractivity contribution in [2.75, 3.05) is 11.9 Å². The van der Waals surface area contributed by atoms with E-state index in [-0.39, 0.29) is 17.4 Å². The predicted octanol–water partition coefficient (Wildman–Crippen LogP) is 6.69. The Balaban J connectivity index is 1.47. The summed E-state index contributed by atoms with van der Waals surface area (Å²) in [5.74, 6) is 0.184. The third-order valence-electron chi connectivity index (χ3n) is 5.30. The fraction of sp³-hybridized carbons (Fsp3) is 0.208. The van der Waals surface area contributed by atoms with Crippen LogP contribution in [0.5, 0.6) is 5.75 Å². The minimum absolute atomic E-state index is 0.146. The number of hydrogen-bond acceptors (Lipinski definition) is 5. The Morgan fingerprint density at radius 1 is 1.09 bits per heavy atom. The van der Waals surface area contributed by atoms with Crippen LogP contribution in [-0.2, 0) is 11.2 Å². The van der Waals surface area contributed by atoms with Gasteiger partial charge in [0.2, 0.25) is 0 Å². The number of hydrazone groups is 1. The number of nitrogens with one attached hydrogen (secondary N) is 2. The molecule has 1 heterocycles. The molecule has 182 valence electrons. The highest BCUT2D eigenvalue weighted by Gasteiger charge is 2.28. The molecule has 1 aliphatic rings. The highest BCUT2D eigenvalue weighted by atomic mass is 35.5. The average molecular weight is 555 g/mol. The molecule has 0 atom stereocenters. The van der Waals surface area contributed by atoms with Crippen molar-refractivity contribution in [2.45, 2.75) is 26.2 Å². The van der Waals surface area contributed by atoms with Crippen LogP contribution < -0.4 is 15.5 Å². The van der Waals surface area contributed by atoms with Crippen LogP contribution in [0.25, 0.3) is 0 Å². The van der Waals surface area contributed by atoms with Crippen LogP contribution in [0.1, 0.15) is 40.3 Å². The van der Waals surface area contributed by atoms with Crippen LogP contribution in [0.2, 0.25) is 20.1 Å². The average Bonchev–Trinajstić information content (AvgIpc) is 3.17. The second kappa shape index (κ2) is 10.9. The molecule has 0 bridgehead atoms. The highest BCUT2D eigenvalue weighted by Crippen LogP contribution is 2.33. The zero-order valence-corrected chi connectivity index (χ0v) is 21.4. The maximum absolute atomic E-state index is 12.9. The molecule has 0 aliphatic heterocycles. The number of carbonyl (C=O) groups excluding carboxylic acids is 2. The van der Waals surface area contributed by atoms with E-state index in [4.69, 9.17) is 55.6 Å². The summed E-state index contributed by atoms with van der Waals surface area (Å²) in [6.45, 7) is 1.48. The molecular formula is C24H19Cl4N3O4. The summed E-state index contributed by atoms with van der Waals surface area (Å²) in [6, 6.07) is 9.67. The standard InChI is InChI=1S/C24H19Cl4N3O4/c1-12-21-16(30-31-20(32)11-34-18-9-8-13(25)10-15(18)27)5-3-7-19(21)35-23(12)24(33)29-17-6-2-4-14(26)22(17)28/h2,4,6,8-10H,3,5,7,11H2,1H3,(H,29,33)(H,31,32)/b30-16+. The Kier molecular flexibility index (Phi) is 7.91. The first-order chi connectivity index (χ1) is 16.7. The van der Waals surface area contributed by atoms with Crippen LogP contribution in [-0.4, -0.2) is 24.1 Å². The maximum atomic E-state index is 12.9. The number of aryl methyl sites for hydroxylation is 1. The SMILES string of the molecule is Cc1c(C(=O)Nc2cccc(Cl)c2Cl)oc2c1/C(=N/NC(=O)COc1ccc(Cl)cc1Cl)CCC2. The molecule has 0 fully saturated rings. The van der Waals surface area contributed by atoms with E-state index >= 15 is 0 Å². The third kappa shape index (κ3) is 5.76. The van der Waals surface area contributed by atoms with Gasteiger partial charge in [0.25, 0.3) is 11.8 Å². The molecule has 0 saturated heterocycles. The number of ether oxygens (including phenoxy) is 1. The van der Waals surface area contributed by atoms with Crippen molar-refractivity contribution in [1.82, 2.24) is 5.43 Å². The van der Waals surface area contributed by atoms with E-state index in [1.165, 1.54) is 6.07 Å². The Morgan fingerprint density at radius 2 is 1.89 bits per heavy atom. The van der Waals surface area contributed by atoms with E-state index in [2.05, 4.69) is 15.8 Å². The monoisotopic (exact) mass is 553 g/mol. The van der Waals surface area contributed by atoms with Crippen molar-refractivity contribution < 1.29 is 18.7 Å². The van der Waals surface area contributed by atoms with E-state index in [0.29, 0.717) is 61.9 Å². The lowest BCUT2D eigenvalue weighted by Gasteiger charge is -2.13. The van der Waals surface area contributed by atoms with Crippen molar-refractivity contribution in [3.8, 4) is 5.75 Å². The first-order valence-electron chi connectivity index (χ1n) is 10.6. The highest BCUT2D eigenvalue weighted by molar-refractivity contribution is 6.44. The lowest BCUT2D eigenvalue weighted by Crippen LogP contribution is -2.27. The Bertz CT molecular complexity index is 1340. The molecule has 0 saturated carbocycles. The second-order valence-electron chi connectivity index (χ2n) is 7.72. The number of anilines is 1. The summed E-state index contributed by atoms with van der Waals surface area (Å²) >= 11 is 24.1. The summed E-state index contributed by atoms with van der Waals surface area (Å²) in [4.78, 5) is 25.2. The quantitative estimate of drug-likeness (QED) is 0.332. The molecule has 1 aromatic heterocycles. The van der Waals surface area contributed by atoms with Gasteiger partial charge in [0.1, 0.15) is 11.5 Å². The molecule has 2 N–H and O–H groups in total. The molecule has 2 aromatic carbocycles. The first-order valence-corrected chi connectivity index (χ1v) is 12.1. The van der Waals surface area contributed by atoms with Gasteiger partial charge in [-0.15, -0.1) is 0 Å². The second-order valence-corrected chi connectivity index (χ2v) is 9.35. The normalized spacial score (nSPS) is 13.9. The van der Waals surface area contributed by atoms with Gasteiger partial charge in [0, 0.05) is 22.6 Å². The van der Waals surface area contributed by atoms with E-state index in [0.717, 1.165) is 6.42 Å². The number of furan rings is 1. The van der Waals surface area contributed by atoms with Gasteiger partial charge < -0.3 is 14.5 Å². The minimum atomic E-state index is -0.467. The lowest BCUT2D eigenvalue weighted by molar-refractivity contribution is -0.123. The van der Waals surface area contributed by atoms with Crippen LogP contribution in [0.4, 0.5) is 5.69 Å². The number of nitrogens with zero attached hydrogens (tertiary/aromatic N) is 1. The Labute approximate surface area is 221 Å². The third-order valence-corrected chi connectivity index (χ3v) is 6.65. The number of amides is 2. The van der Waals surface area contributed by atoms with Gasteiger partial charge in [-0.25, -0.2) is 5.43 Å². The molecule has 1 aliphatic carbocycles. The van der Waals surface area contributed by atoms with E-state index in [9.17, 15) is 9.59 Å². The van der Waals surface area contributed by atoms with Crippen LogP contribution in [0.15, 0.2) is 45.9 Å². The predicted molar refractivity (Wildman–Crippen MR) is 137 cm³/mol. The largest absolute Gasteiger partial charge is 0.482 e. The van der Waals surface area contributed by atoms with Crippen LogP contribution >= 0.6 is 46.4 Å². The number of carbonyl (C=O) groups is 2. The maximum Gasteiger partial charge on any atom is 0.291 e. The summed E-state index contributed by atoms with van der Waals surface area (Å²) in [5, 5.41) is 8.33. The van der Waals surface area contributed by atoms with Gasteiger partial charge in [-0.2, -0.15) is 5.10 Å². The van der Waals surface area contributed by atoms with Crippen molar-refractivity contribution in [2.24, 2.45) is 5.10 Å². The summed E-state index contributed by atoms with van der Waals surface area (Å²) in [6.07, 6.45) is 2.01. The number of halogens is 4. The summed E-state index contributed by atoms with van der Waals surface area (Å²) < 4.78 is 11.3. The number of rotatable bonds is 6. The molecule has 35 heavy (non-hydrogen) atoms. The van der Waals surface area contributed by atoms with E-state index in [1.807, 2.05) is 0 Å². The first kappa shape index (κ1) is 25.4. The molecule has 4 rings (SSSR count). The lowest BCUT2D eigenvalue weighted by atomic mass is 9.93. The summed E-state index contributed by atoms with van der Waals surface area (Å²) in [5.41, 5.74) is 4.81. The van der Waals surface area contributed by atoms with E-state index < -0.39 is 11.8 Å². The molecular weight excluding hydrogens is 536 g/mol. The fourth-order valence-corrected chi connectivity index (χ4v) is 4.48. The molecule has 11 heteroatoms. The van der Waals surface area contributed by atoms with Crippen LogP contribution in [0.3, 0.4) is 0 Å². The van der Waals surface area contributed by atoms with E-state index in [1.54, 1.807) is 37.3 Å². The number of hydrogen-bond donors (Lipinski definition) is 2. The van der Waals surface area contributed by atoms with Gasteiger partial charge in [-0.1, -0.05) is 52.5 Å². The molecule has 7 nitrogen and oxygen atoms in total. The number of fused-ring (bicyclic) bond motifs is 1. The Hall–Kier alpha value is -2.71. The topological polar surface area (TPSA) is 92.9 Å². The van der Waals surface area contributed by atoms with Gasteiger partial charge in [-0.05, 0) is 50.1 Å². The fourth-order valence-electron chi connectivity index (χ4n) is 3.67.